The molecular weight excluding hydrogens is 310 g/mol. The molecule has 0 aliphatic heterocycles. The van der Waals surface area contributed by atoms with Crippen LogP contribution in [0.25, 0.3) is 0 Å². The summed E-state index contributed by atoms with van der Waals surface area (Å²) < 4.78 is 0. The minimum Gasteiger partial charge on any atom is -0.390 e. The molecule has 5 nitrogen and oxygen atoms in total. The second-order valence-electron chi connectivity index (χ2n) is 5.57. The largest absolute Gasteiger partial charge is 0.390 e. The maximum atomic E-state index is 12.8. The topological polar surface area (TPSA) is 66.6 Å². The number of carbonyl (C=O) groups excluding carboxylic acids is 2. The van der Waals surface area contributed by atoms with Crippen LogP contribution in [0.15, 0.2) is 0 Å². The van der Waals surface area contributed by atoms with Gasteiger partial charge in [0.15, 0.2) is 0 Å². The third kappa shape index (κ3) is 4.25. The van der Waals surface area contributed by atoms with Gasteiger partial charge in [-0.3, -0.25) is 9.59 Å². The molecule has 0 aliphatic carbocycles. The van der Waals surface area contributed by atoms with Gasteiger partial charge in [0, 0.05) is 26.2 Å². The molecule has 6 heteroatoms. The Morgan fingerprint density at radius 3 is 1.91 bits per heavy atom. The Bertz CT molecular complexity index is 544. The van der Waals surface area contributed by atoms with Crippen LogP contribution < -0.4 is 5.73 Å². The van der Waals surface area contributed by atoms with Crippen LogP contribution in [0.5, 0.6) is 0 Å². The Morgan fingerprint density at radius 1 is 0.957 bits per heavy atom. The molecule has 1 aromatic heterocycles. The quantitative estimate of drug-likeness (QED) is 0.789. The van der Waals surface area contributed by atoms with Crippen LogP contribution in [-0.2, 0) is 0 Å². The zero-order chi connectivity index (χ0) is 17.6. The zero-order valence-corrected chi connectivity index (χ0v) is 15.8. The number of carbonyl (C=O) groups is 2. The van der Waals surface area contributed by atoms with Gasteiger partial charge in [0.05, 0.1) is 15.4 Å². The summed E-state index contributed by atoms with van der Waals surface area (Å²) in [6.45, 7) is 12.5. The molecule has 0 unspecified atom stereocenters. The summed E-state index contributed by atoms with van der Waals surface area (Å²) in [5.41, 5.74) is 7.32. The molecule has 0 aliphatic rings. The predicted octanol–water partition coefficient (Wildman–Crippen LogP) is 3.38. The smallest absolute Gasteiger partial charge is 0.264 e. The summed E-state index contributed by atoms with van der Waals surface area (Å²) in [7, 11) is 0. The Balaban J connectivity index is 3.19. The monoisotopic (exact) mass is 339 g/mol. The van der Waals surface area contributed by atoms with Crippen molar-refractivity contribution in [3.63, 3.8) is 0 Å². The molecule has 0 saturated heterocycles. The second kappa shape index (κ2) is 8.91. The number of rotatable bonds is 8. The molecule has 2 N–H and O–H groups in total. The highest BCUT2D eigenvalue weighted by Crippen LogP contribution is 2.32. The van der Waals surface area contributed by atoms with Gasteiger partial charge in [-0.15, -0.1) is 11.3 Å². The molecule has 0 spiro atoms. The van der Waals surface area contributed by atoms with E-state index in [9.17, 15) is 9.59 Å². The summed E-state index contributed by atoms with van der Waals surface area (Å²) in [6.07, 6.45) is 1.81. The molecule has 0 fully saturated rings. The lowest BCUT2D eigenvalue weighted by molar-refractivity contribution is 0.0756. The van der Waals surface area contributed by atoms with Crippen molar-refractivity contribution in [1.82, 2.24) is 9.80 Å². The van der Waals surface area contributed by atoms with Crippen molar-refractivity contribution >= 4 is 28.2 Å². The first-order valence-corrected chi connectivity index (χ1v) is 9.21. The molecule has 1 aromatic rings. The van der Waals surface area contributed by atoms with Crippen LogP contribution in [0.4, 0.5) is 5.00 Å². The van der Waals surface area contributed by atoms with Crippen molar-refractivity contribution in [2.45, 2.75) is 47.5 Å². The number of hydrogen-bond donors (Lipinski definition) is 1. The maximum absolute atomic E-state index is 12.8. The van der Waals surface area contributed by atoms with Crippen LogP contribution >= 0.6 is 11.3 Å². The summed E-state index contributed by atoms with van der Waals surface area (Å²) in [6, 6.07) is 0. The van der Waals surface area contributed by atoms with Crippen molar-refractivity contribution < 1.29 is 9.59 Å². The van der Waals surface area contributed by atoms with Crippen molar-refractivity contribution in [3.05, 3.63) is 16.0 Å². The van der Waals surface area contributed by atoms with E-state index in [0.29, 0.717) is 47.2 Å². The average Bonchev–Trinajstić information content (AvgIpc) is 2.82. The third-order valence-corrected chi connectivity index (χ3v) is 5.02. The number of anilines is 1. The van der Waals surface area contributed by atoms with E-state index in [-0.39, 0.29) is 11.8 Å². The van der Waals surface area contributed by atoms with E-state index >= 15 is 0 Å². The van der Waals surface area contributed by atoms with Gasteiger partial charge in [-0.05, 0) is 39.2 Å². The standard InChI is InChI=1S/C17H29N3O2S/c1-6-10-20(11-7-2)16(21)13-12(5)14(23-15(13)18)17(22)19(8-3)9-4/h6-11,18H2,1-5H3. The molecule has 1 heterocycles. The molecule has 0 aromatic carbocycles. The van der Waals surface area contributed by atoms with Crippen molar-refractivity contribution in [3.8, 4) is 0 Å². The number of amides is 2. The number of nitrogens with two attached hydrogens (primary N) is 1. The SMILES string of the molecule is CCCN(CCC)C(=O)c1c(N)sc(C(=O)N(CC)CC)c1C. The van der Waals surface area contributed by atoms with Gasteiger partial charge >= 0.3 is 0 Å². The fourth-order valence-corrected chi connectivity index (χ4v) is 3.71. The minimum absolute atomic E-state index is 0.0409. The van der Waals surface area contributed by atoms with Crippen LogP contribution in [0.2, 0.25) is 0 Å². The van der Waals surface area contributed by atoms with E-state index in [1.807, 2.05) is 25.7 Å². The van der Waals surface area contributed by atoms with Gasteiger partial charge in [-0.25, -0.2) is 0 Å². The first-order valence-electron chi connectivity index (χ1n) is 8.40. The Kier molecular flexibility index (Phi) is 7.55. The molecule has 130 valence electrons. The van der Waals surface area contributed by atoms with Crippen LogP contribution in [-0.4, -0.2) is 47.8 Å². The lowest BCUT2D eigenvalue weighted by atomic mass is 10.1. The molecule has 2 amide bonds. The van der Waals surface area contributed by atoms with Gasteiger partial charge in [-0.1, -0.05) is 13.8 Å². The fourth-order valence-electron chi connectivity index (χ4n) is 2.67. The third-order valence-electron chi connectivity index (χ3n) is 3.91. The molecule has 1 rings (SSSR count). The van der Waals surface area contributed by atoms with Gasteiger partial charge in [0.25, 0.3) is 11.8 Å². The highest BCUT2D eigenvalue weighted by Gasteiger charge is 2.27. The lowest BCUT2D eigenvalue weighted by Crippen LogP contribution is -2.33. The normalized spacial score (nSPS) is 10.7. The van der Waals surface area contributed by atoms with E-state index in [4.69, 9.17) is 5.73 Å². The number of hydrogen-bond acceptors (Lipinski definition) is 4. The maximum Gasteiger partial charge on any atom is 0.264 e. The van der Waals surface area contributed by atoms with Gasteiger partial charge in [0.1, 0.15) is 0 Å². The van der Waals surface area contributed by atoms with Crippen molar-refractivity contribution in [2.24, 2.45) is 0 Å². The van der Waals surface area contributed by atoms with E-state index in [0.717, 1.165) is 12.8 Å². The predicted molar refractivity (Wildman–Crippen MR) is 97.2 cm³/mol. The van der Waals surface area contributed by atoms with E-state index < -0.39 is 0 Å². The highest BCUT2D eigenvalue weighted by atomic mass is 32.1. The first kappa shape index (κ1) is 19.5. The summed E-state index contributed by atoms with van der Waals surface area (Å²) in [4.78, 5) is 29.6. The fraction of sp³-hybridized carbons (Fsp3) is 0.647. The molecule has 23 heavy (non-hydrogen) atoms. The van der Waals surface area contributed by atoms with E-state index in [1.54, 1.807) is 4.90 Å². The molecular formula is C17H29N3O2S. The Morgan fingerprint density at radius 2 is 1.48 bits per heavy atom. The van der Waals surface area contributed by atoms with Crippen LogP contribution in [0.3, 0.4) is 0 Å². The number of nitrogens with zero attached hydrogens (tertiary/aromatic N) is 2. The molecule has 0 atom stereocenters. The molecule has 0 saturated carbocycles. The Hall–Kier alpha value is -1.56. The summed E-state index contributed by atoms with van der Waals surface area (Å²) in [5, 5.41) is 0.445. The number of nitrogen functional groups attached to an aromatic ring is 1. The zero-order valence-electron chi connectivity index (χ0n) is 14.9. The average molecular weight is 340 g/mol. The second-order valence-corrected chi connectivity index (χ2v) is 6.62. The van der Waals surface area contributed by atoms with E-state index in [1.165, 1.54) is 11.3 Å². The van der Waals surface area contributed by atoms with Gasteiger partial charge in [0.2, 0.25) is 0 Å². The Labute approximate surface area is 143 Å². The van der Waals surface area contributed by atoms with Gasteiger partial charge < -0.3 is 15.5 Å². The lowest BCUT2D eigenvalue weighted by Gasteiger charge is -2.22. The van der Waals surface area contributed by atoms with Crippen LogP contribution in [0, 0.1) is 6.92 Å². The highest BCUT2D eigenvalue weighted by molar-refractivity contribution is 7.18. The molecule has 0 bridgehead atoms. The summed E-state index contributed by atoms with van der Waals surface area (Å²) >= 11 is 1.23. The minimum atomic E-state index is -0.0569. The number of thiophene rings is 1. The summed E-state index contributed by atoms with van der Waals surface area (Å²) in [5.74, 6) is -0.0978. The first-order chi connectivity index (χ1) is 10.9. The van der Waals surface area contributed by atoms with Crippen molar-refractivity contribution in [2.75, 3.05) is 31.9 Å². The van der Waals surface area contributed by atoms with E-state index in [2.05, 4.69) is 13.8 Å². The molecule has 0 radical (unpaired) electrons. The van der Waals surface area contributed by atoms with Crippen molar-refractivity contribution in [1.29, 1.82) is 0 Å². The van der Waals surface area contributed by atoms with Crippen LogP contribution in [0.1, 0.15) is 66.1 Å². The van der Waals surface area contributed by atoms with Gasteiger partial charge in [-0.2, -0.15) is 0 Å².